The van der Waals surface area contributed by atoms with Crippen LogP contribution in [0.3, 0.4) is 0 Å². The number of Topliss-reactive ketones (excluding diaryl/α,β-unsaturated/α-hetero) is 1. The average Bonchev–Trinajstić information content (AvgIpc) is 2.94. The third-order valence-corrected chi connectivity index (χ3v) is 8.12. The summed E-state index contributed by atoms with van der Waals surface area (Å²) < 4.78 is 6.56. The highest BCUT2D eigenvalue weighted by Gasteiger charge is 2.77. The predicted octanol–water partition coefficient (Wildman–Crippen LogP) is 3.03. The molecule has 5 rings (SSSR count). The van der Waals surface area contributed by atoms with Crippen LogP contribution in [-0.4, -0.2) is 28.7 Å². The molecule has 3 aliphatic carbocycles. The molecule has 4 bridgehead atoms. The first-order valence-electron chi connectivity index (χ1n) is 9.04. The average molecular weight is 314 g/mol. The summed E-state index contributed by atoms with van der Waals surface area (Å²) in [5, 5.41) is 11.1. The molecule has 0 unspecified atom stereocenters. The fraction of sp³-hybridized carbons (Fsp3) is 0.750. The molecule has 1 spiro atoms. The Hall–Kier alpha value is -0.930. The standard InChI is InChI=1S/C20H26O3/c1-10-11-5-6-14-19(4)12-7-8-18(2,3)13(12)9-15(23-19)20(14,16(10)21)17(11)22/h7,11,13-15,17,22H,1,5-6,8-9H2,2-4H3/t11-,13-,14-,15-,17+,19+,20-/m0/s1. The first-order valence-corrected chi connectivity index (χ1v) is 9.04. The van der Waals surface area contributed by atoms with E-state index in [1.54, 1.807) is 0 Å². The summed E-state index contributed by atoms with van der Waals surface area (Å²) in [6.45, 7) is 10.9. The summed E-state index contributed by atoms with van der Waals surface area (Å²) in [5.41, 5.74) is 1.17. The van der Waals surface area contributed by atoms with Crippen molar-refractivity contribution in [2.45, 2.75) is 64.3 Å². The topological polar surface area (TPSA) is 46.5 Å². The van der Waals surface area contributed by atoms with Crippen LogP contribution >= 0.6 is 0 Å². The molecule has 2 saturated carbocycles. The van der Waals surface area contributed by atoms with Gasteiger partial charge in [0.15, 0.2) is 5.78 Å². The number of aliphatic hydroxyl groups excluding tert-OH is 1. The van der Waals surface area contributed by atoms with E-state index in [4.69, 9.17) is 4.74 Å². The number of ether oxygens (including phenoxy) is 1. The van der Waals surface area contributed by atoms with E-state index >= 15 is 0 Å². The Labute approximate surface area is 137 Å². The highest BCUT2D eigenvalue weighted by atomic mass is 16.5. The van der Waals surface area contributed by atoms with Crippen molar-refractivity contribution in [1.29, 1.82) is 0 Å². The van der Waals surface area contributed by atoms with Crippen LogP contribution in [0.2, 0.25) is 0 Å². The maximum Gasteiger partial charge on any atom is 0.170 e. The maximum absolute atomic E-state index is 13.2. The molecular weight excluding hydrogens is 288 g/mol. The summed E-state index contributed by atoms with van der Waals surface area (Å²) in [7, 11) is 0. The van der Waals surface area contributed by atoms with Gasteiger partial charge in [-0.15, -0.1) is 0 Å². The lowest BCUT2D eigenvalue weighted by Gasteiger charge is -2.43. The van der Waals surface area contributed by atoms with Crippen molar-refractivity contribution < 1.29 is 14.6 Å². The number of rotatable bonds is 0. The number of ketones is 1. The van der Waals surface area contributed by atoms with Crippen molar-refractivity contribution in [1.82, 2.24) is 0 Å². The van der Waals surface area contributed by atoms with Crippen molar-refractivity contribution in [2.24, 2.45) is 28.6 Å². The molecule has 2 saturated heterocycles. The summed E-state index contributed by atoms with van der Waals surface area (Å²) in [6.07, 6.45) is 5.40. The second-order valence-corrected chi connectivity index (χ2v) is 9.32. The van der Waals surface area contributed by atoms with E-state index in [0.29, 0.717) is 11.5 Å². The number of allylic oxidation sites excluding steroid dienone is 1. The van der Waals surface area contributed by atoms with Crippen molar-refractivity contribution in [3.63, 3.8) is 0 Å². The summed E-state index contributed by atoms with van der Waals surface area (Å²) in [4.78, 5) is 13.2. The van der Waals surface area contributed by atoms with Gasteiger partial charge >= 0.3 is 0 Å². The minimum Gasteiger partial charge on any atom is -0.391 e. The van der Waals surface area contributed by atoms with Crippen LogP contribution in [0.25, 0.3) is 0 Å². The summed E-state index contributed by atoms with van der Waals surface area (Å²) >= 11 is 0. The molecule has 1 N–H and O–H groups in total. The Morgan fingerprint density at radius 1 is 1.30 bits per heavy atom. The highest BCUT2D eigenvalue weighted by molar-refractivity contribution is 6.05. The minimum atomic E-state index is -0.726. The number of fused-ring (bicyclic) bond motifs is 6. The molecule has 0 aromatic carbocycles. The molecule has 2 aliphatic heterocycles. The largest absolute Gasteiger partial charge is 0.391 e. The molecule has 0 amide bonds. The van der Waals surface area contributed by atoms with Crippen LogP contribution in [0.15, 0.2) is 23.8 Å². The zero-order valence-electron chi connectivity index (χ0n) is 14.3. The lowest BCUT2D eigenvalue weighted by molar-refractivity contribution is -0.140. The van der Waals surface area contributed by atoms with Crippen LogP contribution in [0.4, 0.5) is 0 Å². The van der Waals surface area contributed by atoms with E-state index in [1.165, 1.54) is 5.57 Å². The lowest BCUT2D eigenvalue weighted by atomic mass is 9.60. The quantitative estimate of drug-likeness (QED) is 0.552. The Kier molecular flexibility index (Phi) is 2.40. The number of hydrogen-bond acceptors (Lipinski definition) is 3. The van der Waals surface area contributed by atoms with Gasteiger partial charge in [0, 0.05) is 11.8 Å². The van der Waals surface area contributed by atoms with Crippen LogP contribution in [-0.2, 0) is 9.53 Å². The lowest BCUT2D eigenvalue weighted by Crippen LogP contribution is -2.52. The fourth-order valence-electron chi connectivity index (χ4n) is 6.95. The molecular formula is C20H26O3. The van der Waals surface area contributed by atoms with Gasteiger partial charge in [0.05, 0.1) is 23.2 Å². The van der Waals surface area contributed by atoms with Gasteiger partial charge in [-0.1, -0.05) is 26.5 Å². The van der Waals surface area contributed by atoms with E-state index in [2.05, 4.69) is 33.4 Å². The van der Waals surface area contributed by atoms with Gasteiger partial charge in [0.25, 0.3) is 0 Å². The second-order valence-electron chi connectivity index (χ2n) is 9.32. The molecule has 3 nitrogen and oxygen atoms in total. The van der Waals surface area contributed by atoms with E-state index in [-0.39, 0.29) is 34.7 Å². The van der Waals surface area contributed by atoms with Gasteiger partial charge in [-0.05, 0) is 55.1 Å². The number of carbonyl (C=O) groups excluding carboxylic acids is 1. The maximum atomic E-state index is 13.2. The summed E-state index contributed by atoms with van der Waals surface area (Å²) in [5.74, 6) is 0.624. The third kappa shape index (κ3) is 1.29. The Morgan fingerprint density at radius 3 is 2.78 bits per heavy atom. The summed E-state index contributed by atoms with van der Waals surface area (Å²) in [6, 6.07) is 0. The first-order chi connectivity index (χ1) is 10.7. The smallest absolute Gasteiger partial charge is 0.170 e. The third-order valence-electron chi connectivity index (χ3n) is 8.12. The minimum absolute atomic E-state index is 0.0490. The molecule has 3 heteroatoms. The van der Waals surface area contributed by atoms with Crippen molar-refractivity contribution in [3.8, 4) is 0 Å². The van der Waals surface area contributed by atoms with Gasteiger partial charge in [-0.2, -0.15) is 0 Å². The highest BCUT2D eigenvalue weighted by Crippen LogP contribution is 2.71. The monoisotopic (exact) mass is 314 g/mol. The van der Waals surface area contributed by atoms with Gasteiger partial charge in [0.2, 0.25) is 0 Å². The van der Waals surface area contributed by atoms with E-state index < -0.39 is 11.5 Å². The van der Waals surface area contributed by atoms with Gasteiger partial charge in [-0.25, -0.2) is 0 Å². The Bertz CT molecular complexity index is 674. The fourth-order valence-corrected chi connectivity index (χ4v) is 6.95. The molecule has 0 aromatic rings. The van der Waals surface area contributed by atoms with Gasteiger partial charge in [-0.3, -0.25) is 4.79 Å². The predicted molar refractivity (Wildman–Crippen MR) is 86.7 cm³/mol. The molecule has 5 aliphatic rings. The number of carbonyl (C=O) groups is 1. The van der Waals surface area contributed by atoms with Gasteiger partial charge in [0.1, 0.15) is 0 Å². The van der Waals surface area contributed by atoms with Crippen molar-refractivity contribution >= 4 is 5.78 Å². The van der Waals surface area contributed by atoms with Crippen LogP contribution < -0.4 is 0 Å². The van der Waals surface area contributed by atoms with E-state index in [0.717, 1.165) is 25.7 Å². The molecule has 0 radical (unpaired) electrons. The SMILES string of the molecule is C=C1C(=O)[C@@]23[C@@H]4C[C@H]5C(=CCC5(C)C)[C@@](C)(O4)[C@@H]2CC[C@@H]1[C@H]3O. The zero-order chi connectivity index (χ0) is 16.4. The normalized spacial score (nSPS) is 55.7. The number of aliphatic hydroxyl groups is 1. The van der Waals surface area contributed by atoms with E-state index in [9.17, 15) is 9.90 Å². The molecule has 23 heavy (non-hydrogen) atoms. The Morgan fingerprint density at radius 2 is 2.04 bits per heavy atom. The number of hydrogen-bond donors (Lipinski definition) is 1. The molecule has 2 heterocycles. The molecule has 124 valence electrons. The Balaban J connectivity index is 1.72. The van der Waals surface area contributed by atoms with Crippen molar-refractivity contribution in [2.75, 3.05) is 0 Å². The van der Waals surface area contributed by atoms with Crippen LogP contribution in [0.1, 0.15) is 46.5 Å². The second kappa shape index (κ2) is 3.83. The van der Waals surface area contributed by atoms with Crippen molar-refractivity contribution in [3.05, 3.63) is 23.8 Å². The van der Waals surface area contributed by atoms with E-state index in [1.807, 2.05) is 0 Å². The molecule has 7 atom stereocenters. The van der Waals surface area contributed by atoms with Gasteiger partial charge < -0.3 is 9.84 Å². The van der Waals surface area contributed by atoms with Crippen LogP contribution in [0.5, 0.6) is 0 Å². The zero-order valence-corrected chi connectivity index (χ0v) is 14.3. The first kappa shape index (κ1) is 14.4. The van der Waals surface area contributed by atoms with Crippen LogP contribution in [0, 0.1) is 28.6 Å². The molecule has 0 aromatic heterocycles. The molecule has 4 fully saturated rings.